The number of rotatable bonds is 1. The fraction of sp³-hybridized carbons (Fsp3) is 0. The lowest BCUT2D eigenvalue weighted by Gasteiger charge is -1.84. The van der Waals surface area contributed by atoms with E-state index in [1.807, 2.05) is 6.20 Å². The van der Waals surface area contributed by atoms with Crippen LogP contribution < -0.4 is 0 Å². The van der Waals surface area contributed by atoms with Crippen LogP contribution in [0, 0.1) is 0 Å². The quantitative estimate of drug-likeness (QED) is 0.748. The average molecular weight is 246 g/mol. The Balaban J connectivity index is 2.45. The molecular formula is C7H4BrNS2. The highest BCUT2D eigenvalue weighted by Gasteiger charge is 2.01. The Morgan fingerprint density at radius 2 is 2.36 bits per heavy atom. The largest absolute Gasteiger partial charge is 0.243 e. The minimum absolute atomic E-state index is 1.08. The van der Waals surface area contributed by atoms with Crippen LogP contribution in [0.25, 0.3) is 10.6 Å². The summed E-state index contributed by atoms with van der Waals surface area (Å²) < 4.78 is 1.08. The second-order valence-electron chi connectivity index (χ2n) is 1.98. The first kappa shape index (κ1) is 7.46. The molecule has 0 N–H and O–H groups in total. The highest BCUT2D eigenvalue weighted by atomic mass is 79.9. The molecule has 0 aliphatic rings. The van der Waals surface area contributed by atoms with Gasteiger partial charge >= 0.3 is 0 Å². The first-order valence-electron chi connectivity index (χ1n) is 3.00. The first-order chi connectivity index (χ1) is 5.36. The molecule has 56 valence electrons. The summed E-state index contributed by atoms with van der Waals surface area (Å²) in [5.41, 5.74) is 1.21. The maximum Gasteiger partial charge on any atom is 0.125 e. The molecule has 0 aliphatic carbocycles. The highest BCUT2D eigenvalue weighted by molar-refractivity contribution is 9.11. The van der Waals surface area contributed by atoms with Gasteiger partial charge < -0.3 is 0 Å². The predicted molar refractivity (Wildman–Crippen MR) is 53.1 cm³/mol. The molecule has 0 radical (unpaired) electrons. The second-order valence-corrected chi connectivity index (χ2v) is 5.17. The average Bonchev–Trinajstić information content (AvgIpc) is 2.55. The molecule has 2 heterocycles. The molecule has 0 unspecified atom stereocenters. The van der Waals surface area contributed by atoms with Crippen LogP contribution in [0.5, 0.6) is 0 Å². The summed E-state index contributed by atoms with van der Waals surface area (Å²) in [5.74, 6) is 0. The first-order valence-corrected chi connectivity index (χ1v) is 5.55. The molecule has 4 heteroatoms. The summed E-state index contributed by atoms with van der Waals surface area (Å²) in [7, 11) is 0. The lowest BCUT2D eigenvalue weighted by molar-refractivity contribution is 1.41. The molecule has 0 fully saturated rings. The van der Waals surface area contributed by atoms with E-state index < -0.39 is 0 Å². The third-order valence-corrected chi connectivity index (χ3v) is 3.45. The van der Waals surface area contributed by atoms with Crippen LogP contribution >= 0.6 is 38.6 Å². The molecule has 0 amide bonds. The zero-order valence-electron chi connectivity index (χ0n) is 5.45. The Kier molecular flexibility index (Phi) is 2.07. The lowest BCUT2D eigenvalue weighted by Crippen LogP contribution is -1.65. The maximum absolute atomic E-state index is 4.24. The van der Waals surface area contributed by atoms with Crippen LogP contribution in [0.4, 0.5) is 0 Å². The van der Waals surface area contributed by atoms with E-state index in [2.05, 4.69) is 37.7 Å². The molecule has 2 aromatic rings. The van der Waals surface area contributed by atoms with Crippen molar-refractivity contribution in [1.29, 1.82) is 0 Å². The number of hydrogen-bond donors (Lipinski definition) is 0. The summed E-state index contributed by atoms with van der Waals surface area (Å²) in [4.78, 5) is 4.24. The zero-order valence-corrected chi connectivity index (χ0v) is 8.67. The summed E-state index contributed by atoms with van der Waals surface area (Å²) in [6.07, 6.45) is 1.83. The molecule has 2 aromatic heterocycles. The molecule has 11 heavy (non-hydrogen) atoms. The van der Waals surface area contributed by atoms with Crippen LogP contribution in [-0.4, -0.2) is 4.98 Å². The smallest absolute Gasteiger partial charge is 0.125 e. The van der Waals surface area contributed by atoms with Crippen molar-refractivity contribution in [3.05, 3.63) is 26.8 Å². The van der Waals surface area contributed by atoms with Gasteiger partial charge in [0.2, 0.25) is 0 Å². The number of aromatic nitrogens is 1. The van der Waals surface area contributed by atoms with E-state index in [9.17, 15) is 0 Å². The van der Waals surface area contributed by atoms with E-state index in [1.165, 1.54) is 5.56 Å². The number of nitrogens with zero attached hydrogens (tertiary/aromatic N) is 1. The molecule has 2 rings (SSSR count). The number of thiophene rings is 1. The molecule has 0 saturated carbocycles. The summed E-state index contributed by atoms with van der Waals surface area (Å²) >= 11 is 6.73. The van der Waals surface area contributed by atoms with E-state index >= 15 is 0 Å². The minimum Gasteiger partial charge on any atom is -0.243 e. The normalized spacial score (nSPS) is 10.3. The van der Waals surface area contributed by atoms with Crippen molar-refractivity contribution in [2.75, 3.05) is 0 Å². The topological polar surface area (TPSA) is 12.9 Å². The van der Waals surface area contributed by atoms with Gasteiger partial charge in [0.25, 0.3) is 0 Å². The van der Waals surface area contributed by atoms with Crippen LogP contribution in [0.1, 0.15) is 0 Å². The summed E-state index contributed by atoms with van der Waals surface area (Å²) in [6, 6.07) is 2.08. The molecule has 0 atom stereocenters. The third-order valence-electron chi connectivity index (χ3n) is 1.25. The SMILES string of the molecule is Brc1cnc(-c2ccsc2)s1. The van der Waals surface area contributed by atoms with Gasteiger partial charge in [-0.05, 0) is 27.4 Å². The third kappa shape index (κ3) is 1.52. The Morgan fingerprint density at radius 3 is 2.91 bits per heavy atom. The van der Waals surface area contributed by atoms with Gasteiger partial charge in [-0.1, -0.05) is 0 Å². The molecule has 1 nitrogen and oxygen atoms in total. The summed E-state index contributed by atoms with van der Waals surface area (Å²) in [6.45, 7) is 0. The lowest BCUT2D eigenvalue weighted by atomic mass is 10.4. The Bertz CT molecular complexity index is 339. The standard InChI is InChI=1S/C7H4BrNS2/c8-6-3-9-7(11-6)5-1-2-10-4-5/h1-4H. The van der Waals surface area contributed by atoms with Crippen molar-refractivity contribution in [3.8, 4) is 10.6 Å². The van der Waals surface area contributed by atoms with Crippen LogP contribution in [0.3, 0.4) is 0 Å². The van der Waals surface area contributed by atoms with Crippen molar-refractivity contribution in [2.24, 2.45) is 0 Å². The van der Waals surface area contributed by atoms with Crippen molar-refractivity contribution in [1.82, 2.24) is 4.98 Å². The van der Waals surface area contributed by atoms with E-state index in [0.29, 0.717) is 0 Å². The van der Waals surface area contributed by atoms with Gasteiger partial charge in [0.15, 0.2) is 0 Å². The van der Waals surface area contributed by atoms with Gasteiger partial charge in [-0.3, -0.25) is 0 Å². The Labute approximate surface area is 80.9 Å². The predicted octanol–water partition coefficient (Wildman–Crippen LogP) is 3.63. The maximum atomic E-state index is 4.24. The van der Waals surface area contributed by atoms with Crippen molar-refractivity contribution in [2.45, 2.75) is 0 Å². The zero-order chi connectivity index (χ0) is 7.68. The minimum atomic E-state index is 1.08. The number of hydrogen-bond acceptors (Lipinski definition) is 3. The van der Waals surface area contributed by atoms with E-state index in [0.717, 1.165) is 8.79 Å². The van der Waals surface area contributed by atoms with Crippen molar-refractivity contribution >= 4 is 38.6 Å². The Hall–Kier alpha value is -0.190. The van der Waals surface area contributed by atoms with Gasteiger partial charge in [-0.2, -0.15) is 11.3 Å². The van der Waals surface area contributed by atoms with E-state index in [1.54, 1.807) is 22.7 Å². The molecule has 0 saturated heterocycles. The number of halogens is 1. The second kappa shape index (κ2) is 3.05. The summed E-state index contributed by atoms with van der Waals surface area (Å²) in [5, 5.41) is 5.24. The van der Waals surface area contributed by atoms with Crippen molar-refractivity contribution in [3.63, 3.8) is 0 Å². The van der Waals surface area contributed by atoms with E-state index in [-0.39, 0.29) is 0 Å². The highest BCUT2D eigenvalue weighted by Crippen LogP contribution is 2.29. The number of thiazole rings is 1. The van der Waals surface area contributed by atoms with Gasteiger partial charge in [-0.15, -0.1) is 11.3 Å². The fourth-order valence-corrected chi connectivity index (χ4v) is 2.69. The molecule has 0 aromatic carbocycles. The van der Waals surface area contributed by atoms with Crippen LogP contribution in [0.15, 0.2) is 26.8 Å². The molecule has 0 aliphatic heterocycles. The molecular weight excluding hydrogens is 242 g/mol. The van der Waals surface area contributed by atoms with Gasteiger partial charge in [0.1, 0.15) is 5.01 Å². The monoisotopic (exact) mass is 245 g/mol. The molecule has 0 spiro atoms. The molecule has 0 bridgehead atoms. The van der Waals surface area contributed by atoms with Crippen molar-refractivity contribution < 1.29 is 0 Å². The van der Waals surface area contributed by atoms with Crippen LogP contribution in [0.2, 0.25) is 0 Å². The Morgan fingerprint density at radius 1 is 1.45 bits per heavy atom. The van der Waals surface area contributed by atoms with Crippen LogP contribution in [-0.2, 0) is 0 Å². The van der Waals surface area contributed by atoms with E-state index in [4.69, 9.17) is 0 Å². The van der Waals surface area contributed by atoms with Gasteiger partial charge in [0, 0.05) is 10.9 Å². The van der Waals surface area contributed by atoms with Gasteiger partial charge in [0.05, 0.1) is 9.98 Å². The fourth-order valence-electron chi connectivity index (χ4n) is 0.774. The van der Waals surface area contributed by atoms with Gasteiger partial charge in [-0.25, -0.2) is 4.98 Å².